The molecule has 10 nitrogen and oxygen atoms in total. The van der Waals surface area contributed by atoms with Crippen LogP contribution in [0.5, 0.6) is 0 Å². The third kappa shape index (κ3) is 8.78. The molecule has 3 aromatic rings. The fourth-order valence-corrected chi connectivity index (χ4v) is 5.51. The summed E-state index contributed by atoms with van der Waals surface area (Å²) in [5, 5.41) is 6.22. The largest absolute Gasteiger partial charge is 0.465 e. The molecule has 1 fully saturated rings. The van der Waals surface area contributed by atoms with Crippen LogP contribution in [0.25, 0.3) is 11.3 Å². The average Bonchev–Trinajstić information content (AvgIpc) is 3.06. The molecule has 0 atom stereocenters. The van der Waals surface area contributed by atoms with E-state index in [0.717, 1.165) is 60.6 Å². The predicted molar refractivity (Wildman–Crippen MR) is 178 cm³/mol. The summed E-state index contributed by atoms with van der Waals surface area (Å²) in [6, 6.07) is 21.0. The van der Waals surface area contributed by atoms with Crippen LogP contribution < -0.4 is 16.1 Å². The summed E-state index contributed by atoms with van der Waals surface area (Å²) in [4.78, 5) is 46.7. The fourth-order valence-electron chi connectivity index (χ4n) is 5.51. The zero-order chi connectivity index (χ0) is 32.3. The molecular formula is C35H43N5O5. The van der Waals surface area contributed by atoms with Crippen LogP contribution in [0.3, 0.4) is 0 Å². The quantitative estimate of drug-likeness (QED) is 0.0809. The first kappa shape index (κ1) is 33.4. The highest BCUT2D eigenvalue weighted by molar-refractivity contribution is 6.01. The average molecular weight is 614 g/mol. The van der Waals surface area contributed by atoms with Crippen molar-refractivity contribution in [3.63, 3.8) is 0 Å². The molecular weight excluding hydrogens is 570 g/mol. The number of nitrogens with one attached hydrogen (secondary N) is 3. The highest BCUT2D eigenvalue weighted by atomic mass is 16.7. The van der Waals surface area contributed by atoms with Crippen LogP contribution in [-0.4, -0.2) is 81.6 Å². The van der Waals surface area contributed by atoms with Crippen molar-refractivity contribution in [1.82, 2.24) is 15.3 Å². The van der Waals surface area contributed by atoms with E-state index in [1.54, 1.807) is 18.2 Å². The molecule has 238 valence electrons. The second-order valence-electron chi connectivity index (χ2n) is 11.4. The maximum atomic E-state index is 12.7. The lowest BCUT2D eigenvalue weighted by molar-refractivity contribution is -0.105. The standard InChI is InChI=1S/C35H43N5O5/c1-24-21-31(32(36-23-41)22-30(24)35(43)44-5)25(2)33(26-9-7-6-8-10-26)37-28-13-11-27(12-14-28)34(42)38-45-20-19-40-17-15-29(16-18-40)39(3)4/h6-14,21-23,29,37H,15-20H2,1-5H3,(H,36,41)(H,38,42)/b33-25+. The molecule has 0 spiro atoms. The number of methoxy groups -OCH3 is 1. The van der Waals surface area contributed by atoms with Crippen LogP contribution in [0.1, 0.15) is 57.2 Å². The summed E-state index contributed by atoms with van der Waals surface area (Å²) in [6.45, 7) is 7.02. The summed E-state index contributed by atoms with van der Waals surface area (Å²) >= 11 is 0. The molecule has 0 unspecified atom stereocenters. The minimum Gasteiger partial charge on any atom is -0.465 e. The predicted octanol–water partition coefficient (Wildman–Crippen LogP) is 5.04. The van der Waals surface area contributed by atoms with Gasteiger partial charge < -0.3 is 25.2 Å². The van der Waals surface area contributed by atoms with Gasteiger partial charge in [-0.3, -0.25) is 14.4 Å². The first-order valence-electron chi connectivity index (χ1n) is 15.1. The van der Waals surface area contributed by atoms with Gasteiger partial charge in [0.15, 0.2) is 0 Å². The number of piperidine rings is 1. The van der Waals surface area contributed by atoms with Crippen molar-refractivity contribution >= 4 is 40.9 Å². The highest BCUT2D eigenvalue weighted by Gasteiger charge is 2.21. The fraction of sp³-hybridized carbons (Fsp3) is 0.343. The van der Waals surface area contributed by atoms with E-state index in [9.17, 15) is 14.4 Å². The third-order valence-corrected chi connectivity index (χ3v) is 8.20. The Labute approximate surface area is 265 Å². The van der Waals surface area contributed by atoms with Gasteiger partial charge in [-0.1, -0.05) is 30.3 Å². The van der Waals surface area contributed by atoms with Crippen LogP contribution in [0.15, 0.2) is 66.7 Å². The van der Waals surface area contributed by atoms with Crippen molar-refractivity contribution in [2.45, 2.75) is 32.7 Å². The van der Waals surface area contributed by atoms with E-state index in [2.05, 4.69) is 40.0 Å². The van der Waals surface area contributed by atoms with Gasteiger partial charge in [0.2, 0.25) is 6.41 Å². The number of likely N-dealkylation sites (tertiary alicyclic amines) is 1. The molecule has 0 bridgehead atoms. The number of aryl methyl sites for hydroxylation is 1. The topological polar surface area (TPSA) is 112 Å². The number of anilines is 2. The Bertz CT molecular complexity index is 1500. The van der Waals surface area contributed by atoms with Gasteiger partial charge in [0.05, 0.1) is 19.3 Å². The monoisotopic (exact) mass is 613 g/mol. The number of nitrogens with zero attached hydrogens (tertiary/aromatic N) is 2. The summed E-state index contributed by atoms with van der Waals surface area (Å²) in [5.74, 6) is -0.792. The second-order valence-corrected chi connectivity index (χ2v) is 11.4. The Kier molecular flexibility index (Phi) is 11.9. The molecule has 0 aromatic heterocycles. The zero-order valence-electron chi connectivity index (χ0n) is 26.7. The lowest BCUT2D eigenvalue weighted by Gasteiger charge is -2.34. The number of hydroxylamine groups is 1. The molecule has 1 saturated heterocycles. The Hall–Kier alpha value is -4.51. The number of amides is 2. The van der Waals surface area contributed by atoms with E-state index < -0.39 is 5.97 Å². The Balaban J connectivity index is 1.47. The molecule has 0 radical (unpaired) electrons. The van der Waals surface area contributed by atoms with Crippen LogP contribution in [0, 0.1) is 6.92 Å². The number of benzene rings is 3. The molecule has 0 aliphatic carbocycles. The van der Waals surface area contributed by atoms with Crippen LogP contribution >= 0.6 is 0 Å². The van der Waals surface area contributed by atoms with Crippen LogP contribution in [-0.2, 0) is 14.4 Å². The van der Waals surface area contributed by atoms with Crippen LogP contribution in [0.2, 0.25) is 0 Å². The van der Waals surface area contributed by atoms with E-state index in [-0.39, 0.29) is 5.91 Å². The Morgan fingerprint density at radius 1 is 0.978 bits per heavy atom. The third-order valence-electron chi connectivity index (χ3n) is 8.20. The maximum absolute atomic E-state index is 12.7. The molecule has 1 aliphatic heterocycles. The number of hydrogen-bond donors (Lipinski definition) is 3. The molecule has 3 N–H and O–H groups in total. The number of esters is 1. The van der Waals surface area contributed by atoms with Crippen LogP contribution in [0.4, 0.5) is 11.4 Å². The van der Waals surface area contributed by atoms with E-state index >= 15 is 0 Å². The minimum absolute atomic E-state index is 0.311. The summed E-state index contributed by atoms with van der Waals surface area (Å²) in [5.41, 5.74) is 8.66. The van der Waals surface area contributed by atoms with E-state index in [1.807, 2.05) is 62.4 Å². The number of carbonyl (C=O) groups is 3. The first-order valence-corrected chi connectivity index (χ1v) is 15.1. The molecule has 4 rings (SSSR count). The van der Waals surface area contributed by atoms with Gasteiger partial charge in [-0.25, -0.2) is 10.3 Å². The maximum Gasteiger partial charge on any atom is 0.338 e. The van der Waals surface area contributed by atoms with Gasteiger partial charge in [0.25, 0.3) is 5.91 Å². The van der Waals surface area contributed by atoms with Crippen molar-refractivity contribution in [3.05, 3.63) is 94.5 Å². The normalized spacial score (nSPS) is 14.4. The number of hydrogen-bond acceptors (Lipinski definition) is 8. The van der Waals surface area contributed by atoms with Gasteiger partial charge in [0.1, 0.15) is 0 Å². The smallest absolute Gasteiger partial charge is 0.338 e. The first-order chi connectivity index (χ1) is 21.7. The van der Waals surface area contributed by atoms with Gasteiger partial charge in [-0.05, 0) is 107 Å². The molecule has 1 heterocycles. The molecule has 0 saturated carbocycles. The number of ether oxygens (including phenoxy) is 1. The lowest BCUT2D eigenvalue weighted by Crippen LogP contribution is -2.43. The molecule has 3 aromatic carbocycles. The summed E-state index contributed by atoms with van der Waals surface area (Å²) in [6.07, 6.45) is 2.86. The van der Waals surface area contributed by atoms with Gasteiger partial charge in [-0.2, -0.15) is 0 Å². The SMILES string of the molecule is COC(=O)c1cc(NC=O)c(/C(C)=C(/Nc2ccc(C(=O)NOCCN3CCC(N(C)C)CC3)cc2)c2ccccc2)cc1C. The highest BCUT2D eigenvalue weighted by Crippen LogP contribution is 2.34. The number of allylic oxidation sites excluding steroid dienone is 1. The van der Waals surface area contributed by atoms with Crippen molar-refractivity contribution < 1.29 is 24.0 Å². The van der Waals surface area contributed by atoms with E-state index in [1.165, 1.54) is 7.11 Å². The summed E-state index contributed by atoms with van der Waals surface area (Å²) < 4.78 is 4.92. The van der Waals surface area contributed by atoms with Gasteiger partial charge >= 0.3 is 5.97 Å². The second kappa shape index (κ2) is 16.0. The van der Waals surface area contributed by atoms with Crippen molar-refractivity contribution in [2.24, 2.45) is 0 Å². The van der Waals surface area contributed by atoms with Crippen molar-refractivity contribution in [1.29, 1.82) is 0 Å². The van der Waals surface area contributed by atoms with Gasteiger partial charge in [0, 0.05) is 40.8 Å². The van der Waals surface area contributed by atoms with Crippen molar-refractivity contribution in [3.8, 4) is 0 Å². The molecule has 10 heteroatoms. The van der Waals surface area contributed by atoms with E-state index in [0.29, 0.717) is 41.4 Å². The number of carbonyl (C=O) groups excluding carboxylic acids is 3. The van der Waals surface area contributed by atoms with Crippen molar-refractivity contribution in [2.75, 3.05) is 58.1 Å². The van der Waals surface area contributed by atoms with E-state index in [4.69, 9.17) is 9.57 Å². The Morgan fingerprint density at radius 3 is 2.29 bits per heavy atom. The molecule has 1 aliphatic rings. The zero-order valence-corrected chi connectivity index (χ0v) is 26.7. The van der Waals surface area contributed by atoms with Gasteiger partial charge in [-0.15, -0.1) is 0 Å². The molecule has 45 heavy (non-hydrogen) atoms. The minimum atomic E-state index is -0.481. The molecule has 2 amide bonds. The number of rotatable bonds is 13. The Morgan fingerprint density at radius 2 is 1.67 bits per heavy atom. The summed E-state index contributed by atoms with van der Waals surface area (Å²) in [7, 11) is 5.58. The lowest BCUT2D eigenvalue weighted by atomic mass is 9.95.